The standard InChI is InChI=1S/C7H3Cl3O3S/c8-5-3-4(7(9)11)1-2-6(5)14(10,12)13/h1-3H. The molecule has 76 valence electrons. The fourth-order valence-electron chi connectivity index (χ4n) is 0.821. The first-order valence-corrected chi connectivity index (χ1v) is 6.33. The molecule has 1 rings (SSSR count). The van der Waals surface area contributed by atoms with Crippen LogP contribution in [0.4, 0.5) is 0 Å². The van der Waals surface area contributed by atoms with Gasteiger partial charge in [-0.25, -0.2) is 8.42 Å². The minimum Gasteiger partial charge on any atom is -0.276 e. The van der Waals surface area contributed by atoms with Crippen molar-refractivity contribution in [3.63, 3.8) is 0 Å². The van der Waals surface area contributed by atoms with Gasteiger partial charge in [0.2, 0.25) is 0 Å². The van der Waals surface area contributed by atoms with Gasteiger partial charge in [0.1, 0.15) is 4.90 Å². The average molecular weight is 274 g/mol. The van der Waals surface area contributed by atoms with E-state index in [4.69, 9.17) is 33.9 Å². The van der Waals surface area contributed by atoms with E-state index < -0.39 is 14.3 Å². The number of hydrogen-bond acceptors (Lipinski definition) is 3. The highest BCUT2D eigenvalue weighted by Crippen LogP contribution is 2.26. The maximum absolute atomic E-state index is 10.9. The fraction of sp³-hybridized carbons (Fsp3) is 0. The highest BCUT2D eigenvalue weighted by Gasteiger charge is 2.15. The number of benzene rings is 1. The van der Waals surface area contributed by atoms with E-state index in [0.29, 0.717) is 0 Å². The lowest BCUT2D eigenvalue weighted by Gasteiger charge is -2.00. The minimum absolute atomic E-state index is 0.112. The summed E-state index contributed by atoms with van der Waals surface area (Å²) in [4.78, 5) is 10.4. The fourth-order valence-corrected chi connectivity index (χ4v) is 2.47. The molecule has 0 fully saturated rings. The molecule has 7 heteroatoms. The summed E-state index contributed by atoms with van der Waals surface area (Å²) < 4.78 is 21.8. The first-order chi connectivity index (χ1) is 6.32. The zero-order valence-electron chi connectivity index (χ0n) is 6.50. The molecule has 0 aliphatic rings. The summed E-state index contributed by atoms with van der Waals surface area (Å²) in [6, 6.07) is 3.50. The van der Waals surface area contributed by atoms with Crippen LogP contribution >= 0.6 is 33.9 Å². The van der Waals surface area contributed by atoms with Gasteiger partial charge in [0.05, 0.1) is 5.02 Å². The van der Waals surface area contributed by atoms with Gasteiger partial charge in [0.15, 0.2) is 0 Å². The van der Waals surface area contributed by atoms with E-state index >= 15 is 0 Å². The van der Waals surface area contributed by atoms with E-state index in [2.05, 4.69) is 0 Å². The Kier molecular flexibility index (Phi) is 3.42. The molecule has 0 spiro atoms. The highest BCUT2D eigenvalue weighted by atomic mass is 35.7. The molecule has 0 N–H and O–H groups in total. The number of rotatable bonds is 2. The molecule has 0 bridgehead atoms. The second-order valence-electron chi connectivity index (χ2n) is 2.36. The van der Waals surface area contributed by atoms with Crippen LogP contribution in [0.5, 0.6) is 0 Å². The van der Waals surface area contributed by atoms with Gasteiger partial charge in [0, 0.05) is 16.2 Å². The molecule has 14 heavy (non-hydrogen) atoms. The topological polar surface area (TPSA) is 51.2 Å². The molecule has 0 heterocycles. The van der Waals surface area contributed by atoms with Gasteiger partial charge in [-0.05, 0) is 29.8 Å². The van der Waals surface area contributed by atoms with E-state index in [9.17, 15) is 13.2 Å². The molecule has 0 saturated carbocycles. The molecule has 0 aliphatic heterocycles. The smallest absolute Gasteiger partial charge is 0.262 e. The maximum Gasteiger partial charge on any atom is 0.262 e. The van der Waals surface area contributed by atoms with Crippen LogP contribution in [0.25, 0.3) is 0 Å². The SMILES string of the molecule is O=C(Cl)c1ccc(S(=O)(=O)Cl)c(Cl)c1. The van der Waals surface area contributed by atoms with Crippen molar-refractivity contribution in [2.45, 2.75) is 4.90 Å². The molecule has 0 aliphatic carbocycles. The molecule has 1 aromatic carbocycles. The summed E-state index contributed by atoms with van der Waals surface area (Å²) in [5.74, 6) is 0. The van der Waals surface area contributed by atoms with Gasteiger partial charge in [-0.1, -0.05) is 11.6 Å². The Morgan fingerprint density at radius 2 is 1.86 bits per heavy atom. The number of halogens is 3. The lowest BCUT2D eigenvalue weighted by Crippen LogP contribution is -1.95. The average Bonchev–Trinajstić information content (AvgIpc) is 2.01. The molecule has 1 aromatic rings. The van der Waals surface area contributed by atoms with Crippen LogP contribution in [0.3, 0.4) is 0 Å². The Morgan fingerprint density at radius 3 is 2.21 bits per heavy atom. The van der Waals surface area contributed by atoms with Gasteiger partial charge >= 0.3 is 0 Å². The van der Waals surface area contributed by atoms with Crippen LogP contribution in [0, 0.1) is 0 Å². The van der Waals surface area contributed by atoms with Gasteiger partial charge in [-0.15, -0.1) is 0 Å². The second-order valence-corrected chi connectivity index (χ2v) is 5.64. The van der Waals surface area contributed by atoms with Crippen molar-refractivity contribution in [1.82, 2.24) is 0 Å². The number of hydrogen-bond donors (Lipinski definition) is 0. The quantitative estimate of drug-likeness (QED) is 0.778. The van der Waals surface area contributed by atoms with Gasteiger partial charge < -0.3 is 0 Å². The van der Waals surface area contributed by atoms with Crippen LogP contribution in [-0.4, -0.2) is 13.7 Å². The summed E-state index contributed by atoms with van der Waals surface area (Å²) in [5, 5.41) is -0.850. The molecule has 0 atom stereocenters. The summed E-state index contributed by atoms with van der Waals surface area (Å²) in [6.45, 7) is 0. The summed E-state index contributed by atoms with van der Waals surface area (Å²) in [7, 11) is 1.18. The van der Waals surface area contributed by atoms with Crippen molar-refractivity contribution in [3.8, 4) is 0 Å². The Hall–Kier alpha value is -0.290. The van der Waals surface area contributed by atoms with Crippen LogP contribution in [0.15, 0.2) is 23.1 Å². The van der Waals surface area contributed by atoms with Crippen molar-refractivity contribution in [1.29, 1.82) is 0 Å². The Morgan fingerprint density at radius 1 is 1.29 bits per heavy atom. The largest absolute Gasteiger partial charge is 0.276 e. The third-order valence-electron chi connectivity index (χ3n) is 1.42. The van der Waals surface area contributed by atoms with Gasteiger partial charge in [0.25, 0.3) is 14.3 Å². The Bertz CT molecular complexity index is 481. The zero-order valence-corrected chi connectivity index (χ0v) is 9.58. The van der Waals surface area contributed by atoms with Crippen molar-refractivity contribution in [2.75, 3.05) is 0 Å². The number of carbonyl (C=O) groups is 1. The lowest BCUT2D eigenvalue weighted by atomic mass is 10.2. The third kappa shape index (κ3) is 2.60. The molecule has 0 radical (unpaired) electrons. The summed E-state index contributed by atoms with van der Waals surface area (Å²) in [5.41, 5.74) is 0.112. The highest BCUT2D eigenvalue weighted by molar-refractivity contribution is 8.13. The maximum atomic E-state index is 10.9. The minimum atomic E-state index is -3.89. The molecular weight excluding hydrogens is 270 g/mol. The Labute approximate surface area is 95.0 Å². The lowest BCUT2D eigenvalue weighted by molar-refractivity contribution is 0.108. The molecular formula is C7H3Cl3O3S. The van der Waals surface area contributed by atoms with Crippen LogP contribution < -0.4 is 0 Å². The predicted octanol–water partition coefficient (Wildman–Crippen LogP) is 2.65. The zero-order chi connectivity index (χ0) is 10.9. The van der Waals surface area contributed by atoms with E-state index in [1.807, 2.05) is 0 Å². The van der Waals surface area contributed by atoms with Gasteiger partial charge in [-0.3, -0.25) is 4.79 Å². The molecule has 0 amide bonds. The second kappa shape index (κ2) is 4.06. The summed E-state index contributed by atoms with van der Waals surface area (Å²) in [6.07, 6.45) is 0. The van der Waals surface area contributed by atoms with E-state index in [-0.39, 0.29) is 15.5 Å². The molecule has 0 unspecified atom stereocenters. The first kappa shape index (κ1) is 11.8. The molecule has 3 nitrogen and oxygen atoms in total. The summed E-state index contributed by atoms with van der Waals surface area (Å²) >= 11 is 10.7. The van der Waals surface area contributed by atoms with Crippen molar-refractivity contribution < 1.29 is 13.2 Å². The van der Waals surface area contributed by atoms with Crippen molar-refractivity contribution >= 4 is 48.2 Å². The molecule has 0 saturated heterocycles. The van der Waals surface area contributed by atoms with Crippen molar-refractivity contribution in [2.24, 2.45) is 0 Å². The van der Waals surface area contributed by atoms with Gasteiger partial charge in [-0.2, -0.15) is 0 Å². The van der Waals surface area contributed by atoms with E-state index in [1.165, 1.54) is 6.07 Å². The van der Waals surface area contributed by atoms with Crippen molar-refractivity contribution in [3.05, 3.63) is 28.8 Å². The van der Waals surface area contributed by atoms with Crippen LogP contribution in [0.1, 0.15) is 10.4 Å². The number of carbonyl (C=O) groups excluding carboxylic acids is 1. The van der Waals surface area contributed by atoms with Crippen LogP contribution in [0.2, 0.25) is 5.02 Å². The normalized spacial score (nSPS) is 11.4. The third-order valence-corrected chi connectivity index (χ3v) is 3.44. The van der Waals surface area contributed by atoms with E-state index in [0.717, 1.165) is 12.1 Å². The molecule has 0 aromatic heterocycles. The first-order valence-electron chi connectivity index (χ1n) is 3.26. The van der Waals surface area contributed by atoms with Crippen LogP contribution in [-0.2, 0) is 9.05 Å². The van der Waals surface area contributed by atoms with E-state index in [1.54, 1.807) is 0 Å². The monoisotopic (exact) mass is 272 g/mol. The predicted molar refractivity (Wildman–Crippen MR) is 54.7 cm³/mol. The Balaban J connectivity index is 3.35.